The third-order valence-electron chi connectivity index (χ3n) is 5.28. The van der Waals surface area contributed by atoms with Crippen LogP contribution in [0.2, 0.25) is 0 Å². The quantitative estimate of drug-likeness (QED) is 0.524. The first-order valence-electron chi connectivity index (χ1n) is 7.23. The molecule has 0 aromatic heterocycles. The van der Waals surface area contributed by atoms with Gasteiger partial charge in [-0.3, -0.25) is 14.5 Å². The van der Waals surface area contributed by atoms with Crippen molar-refractivity contribution in [3.63, 3.8) is 0 Å². The molecule has 110 valence electrons. The lowest BCUT2D eigenvalue weighted by Gasteiger charge is -2.28. The van der Waals surface area contributed by atoms with Gasteiger partial charge in [0.1, 0.15) is 0 Å². The first-order chi connectivity index (χ1) is 10.0. The molecular weight excluding hydrogens is 398 g/mol. The van der Waals surface area contributed by atoms with E-state index in [1.807, 2.05) is 31.2 Å². The molecule has 1 aromatic carbocycles. The lowest BCUT2D eigenvalue weighted by molar-refractivity contribution is -0.123. The first-order valence-corrected chi connectivity index (χ1v) is 9.06. The molecule has 3 fully saturated rings. The molecule has 3 aliphatic rings. The van der Waals surface area contributed by atoms with Gasteiger partial charge in [0, 0.05) is 9.65 Å². The molecule has 1 heterocycles. The van der Waals surface area contributed by atoms with Crippen molar-refractivity contribution in [2.45, 2.75) is 23.0 Å². The number of alkyl halides is 2. The number of benzene rings is 1. The smallest absolute Gasteiger partial charge is 0.238 e. The standard InChI is InChI=1S/C16H15Br2NO2/c1-7-2-4-8(5-3-7)19-15(20)11-9-6-10(12(11)16(19)21)14(18)13(9)17/h2-5,9-14H,6H2,1H3/t9-,10+,11-,12-,13+,14-/m0/s1. The number of carbonyl (C=O) groups is 2. The van der Waals surface area contributed by atoms with Gasteiger partial charge in [0.25, 0.3) is 0 Å². The van der Waals surface area contributed by atoms with E-state index in [0.717, 1.165) is 12.0 Å². The van der Waals surface area contributed by atoms with Crippen LogP contribution in [-0.4, -0.2) is 21.5 Å². The van der Waals surface area contributed by atoms with E-state index < -0.39 is 0 Å². The van der Waals surface area contributed by atoms with Gasteiger partial charge < -0.3 is 0 Å². The van der Waals surface area contributed by atoms with Gasteiger partial charge in [-0.2, -0.15) is 0 Å². The number of halogens is 2. The minimum absolute atomic E-state index is 0.00907. The van der Waals surface area contributed by atoms with Crippen molar-refractivity contribution in [2.24, 2.45) is 23.7 Å². The Bertz CT molecular complexity index is 598. The van der Waals surface area contributed by atoms with Gasteiger partial charge in [0.15, 0.2) is 0 Å². The number of carbonyl (C=O) groups excluding carboxylic acids is 2. The number of hydrogen-bond donors (Lipinski definition) is 0. The fraction of sp³-hybridized carbons (Fsp3) is 0.500. The third kappa shape index (κ3) is 1.76. The summed E-state index contributed by atoms with van der Waals surface area (Å²) in [6, 6.07) is 7.62. The Hall–Kier alpha value is -0.680. The SMILES string of the molecule is Cc1ccc(N2C(=O)[C@H]3[C@@H]4C[C@@H]([C@H](Br)[C@@H]4Br)[C@@H]3C2=O)cc1. The third-order valence-corrected chi connectivity index (χ3v) is 8.49. The predicted octanol–water partition coefficient (Wildman–Crippen LogP) is 3.28. The van der Waals surface area contributed by atoms with E-state index in [1.54, 1.807) is 0 Å². The monoisotopic (exact) mass is 411 g/mol. The summed E-state index contributed by atoms with van der Waals surface area (Å²) in [7, 11) is 0. The Morgan fingerprint density at radius 2 is 1.43 bits per heavy atom. The molecule has 0 radical (unpaired) electrons. The van der Waals surface area contributed by atoms with Crippen molar-refractivity contribution in [1.29, 1.82) is 0 Å². The van der Waals surface area contributed by atoms with Crippen LogP contribution >= 0.6 is 31.9 Å². The summed E-state index contributed by atoms with van der Waals surface area (Å²) in [5.74, 6) is 0.256. The van der Waals surface area contributed by atoms with Crippen LogP contribution < -0.4 is 4.90 Å². The van der Waals surface area contributed by atoms with Crippen LogP contribution in [0, 0.1) is 30.6 Å². The van der Waals surface area contributed by atoms with Crippen LogP contribution in [0.4, 0.5) is 5.69 Å². The molecule has 6 atom stereocenters. The van der Waals surface area contributed by atoms with E-state index >= 15 is 0 Å². The highest BCUT2D eigenvalue weighted by Crippen LogP contribution is 2.60. The maximum atomic E-state index is 12.8. The molecule has 1 aliphatic heterocycles. The summed E-state index contributed by atoms with van der Waals surface area (Å²) in [5, 5.41) is 0. The molecule has 2 aliphatic carbocycles. The highest BCUT2D eigenvalue weighted by atomic mass is 79.9. The van der Waals surface area contributed by atoms with E-state index in [4.69, 9.17) is 0 Å². The van der Waals surface area contributed by atoms with E-state index in [-0.39, 0.29) is 35.5 Å². The van der Waals surface area contributed by atoms with E-state index in [0.29, 0.717) is 15.3 Å². The van der Waals surface area contributed by atoms with Crippen molar-refractivity contribution < 1.29 is 9.59 Å². The van der Waals surface area contributed by atoms with Gasteiger partial charge in [-0.1, -0.05) is 49.6 Å². The second-order valence-corrected chi connectivity index (χ2v) is 8.47. The van der Waals surface area contributed by atoms with Crippen molar-refractivity contribution in [2.75, 3.05) is 4.90 Å². The summed E-state index contributed by atoms with van der Waals surface area (Å²) in [4.78, 5) is 27.6. The van der Waals surface area contributed by atoms with Crippen LogP contribution in [0.3, 0.4) is 0 Å². The summed E-state index contributed by atoms with van der Waals surface area (Å²) in [6.45, 7) is 2.00. The fourth-order valence-corrected chi connectivity index (χ4v) is 6.17. The molecule has 1 aromatic rings. The Balaban J connectivity index is 1.73. The van der Waals surface area contributed by atoms with E-state index in [1.165, 1.54) is 4.90 Å². The van der Waals surface area contributed by atoms with Gasteiger partial charge in [0.05, 0.1) is 17.5 Å². The van der Waals surface area contributed by atoms with Crippen LogP contribution in [0.25, 0.3) is 0 Å². The number of rotatable bonds is 1. The number of nitrogens with zero attached hydrogens (tertiary/aromatic N) is 1. The zero-order valence-electron chi connectivity index (χ0n) is 11.5. The Kier molecular flexibility index (Phi) is 3.09. The van der Waals surface area contributed by atoms with Crippen LogP contribution in [0.1, 0.15) is 12.0 Å². The highest BCUT2D eigenvalue weighted by Gasteiger charge is 2.66. The Morgan fingerprint density at radius 1 is 0.952 bits per heavy atom. The Labute approximate surface area is 140 Å². The van der Waals surface area contributed by atoms with Gasteiger partial charge >= 0.3 is 0 Å². The van der Waals surface area contributed by atoms with Crippen LogP contribution in [-0.2, 0) is 9.59 Å². The summed E-state index contributed by atoms with van der Waals surface area (Å²) >= 11 is 7.40. The molecule has 0 spiro atoms. The zero-order chi connectivity index (χ0) is 14.9. The number of hydrogen-bond acceptors (Lipinski definition) is 2. The van der Waals surface area contributed by atoms with Crippen molar-refractivity contribution in [3.8, 4) is 0 Å². The van der Waals surface area contributed by atoms with Crippen molar-refractivity contribution in [3.05, 3.63) is 29.8 Å². The average molecular weight is 413 g/mol. The molecule has 1 saturated heterocycles. The number of anilines is 1. The predicted molar refractivity (Wildman–Crippen MR) is 87.7 cm³/mol. The van der Waals surface area contributed by atoms with Crippen molar-refractivity contribution in [1.82, 2.24) is 0 Å². The number of imide groups is 1. The lowest BCUT2D eigenvalue weighted by Crippen LogP contribution is -2.37. The largest absolute Gasteiger partial charge is 0.274 e. The van der Waals surface area contributed by atoms with Crippen LogP contribution in [0.5, 0.6) is 0 Å². The van der Waals surface area contributed by atoms with Crippen LogP contribution in [0.15, 0.2) is 24.3 Å². The van der Waals surface area contributed by atoms with Crippen molar-refractivity contribution >= 4 is 49.4 Å². The molecule has 2 bridgehead atoms. The minimum Gasteiger partial charge on any atom is -0.274 e. The molecule has 5 heteroatoms. The van der Waals surface area contributed by atoms with Gasteiger partial charge in [0.2, 0.25) is 11.8 Å². The van der Waals surface area contributed by atoms with E-state index in [2.05, 4.69) is 31.9 Å². The summed E-state index contributed by atoms with van der Waals surface area (Å²) in [5.41, 5.74) is 1.83. The minimum atomic E-state index is -0.137. The highest BCUT2D eigenvalue weighted by molar-refractivity contribution is 9.12. The average Bonchev–Trinajstić information content (AvgIpc) is 3.06. The molecule has 0 unspecified atom stereocenters. The molecule has 21 heavy (non-hydrogen) atoms. The molecule has 4 rings (SSSR count). The van der Waals surface area contributed by atoms with E-state index in [9.17, 15) is 9.59 Å². The number of aryl methyl sites for hydroxylation is 1. The summed E-state index contributed by atoms with van der Waals surface area (Å²) < 4.78 is 0. The molecule has 0 N–H and O–H groups in total. The molecular formula is C16H15Br2NO2. The zero-order valence-corrected chi connectivity index (χ0v) is 14.7. The Morgan fingerprint density at radius 3 is 1.90 bits per heavy atom. The van der Waals surface area contributed by atoms with Gasteiger partial charge in [-0.15, -0.1) is 0 Å². The van der Waals surface area contributed by atoms with Gasteiger partial charge in [-0.25, -0.2) is 0 Å². The second kappa shape index (κ2) is 4.66. The number of fused-ring (bicyclic) bond motifs is 5. The maximum absolute atomic E-state index is 12.8. The number of amides is 2. The first kappa shape index (κ1) is 13.9. The fourth-order valence-electron chi connectivity index (χ4n) is 4.30. The molecule has 3 nitrogen and oxygen atoms in total. The van der Waals surface area contributed by atoms with Gasteiger partial charge in [-0.05, 0) is 37.3 Å². The normalized spacial score (nSPS) is 41.0. The summed E-state index contributed by atoms with van der Waals surface area (Å²) in [6.07, 6.45) is 0.973. The maximum Gasteiger partial charge on any atom is 0.238 e. The lowest BCUT2D eigenvalue weighted by atomic mass is 9.81. The molecule has 2 saturated carbocycles. The molecule has 2 amide bonds. The second-order valence-electron chi connectivity index (χ2n) is 6.35. The topological polar surface area (TPSA) is 37.4 Å².